The van der Waals surface area contributed by atoms with Crippen molar-refractivity contribution < 1.29 is 4.74 Å². The molecule has 2 N–H and O–H groups in total. The molecule has 0 amide bonds. The third kappa shape index (κ3) is 5.01. The molecule has 0 aliphatic heterocycles. The molecule has 0 unspecified atom stereocenters. The Labute approximate surface area is 144 Å². The van der Waals surface area contributed by atoms with Crippen molar-refractivity contribution in [2.75, 3.05) is 20.2 Å². The van der Waals surface area contributed by atoms with E-state index in [1.807, 2.05) is 7.05 Å². The topological polar surface area (TPSA) is 76.4 Å². The quantitative estimate of drug-likeness (QED) is 0.469. The van der Waals surface area contributed by atoms with Crippen LogP contribution in [0.4, 0.5) is 0 Å². The van der Waals surface area contributed by atoms with Gasteiger partial charge in [0.15, 0.2) is 5.96 Å². The second-order valence-electron chi connectivity index (χ2n) is 4.55. The van der Waals surface area contributed by atoms with Crippen LogP contribution in [0.5, 0.6) is 5.75 Å². The van der Waals surface area contributed by atoms with Gasteiger partial charge in [0.2, 0.25) is 0 Å². The zero-order valence-electron chi connectivity index (χ0n) is 12.9. The summed E-state index contributed by atoms with van der Waals surface area (Å²) in [5.41, 5.74) is 0. The van der Waals surface area contributed by atoms with Gasteiger partial charge in [-0.2, -0.15) is 5.10 Å². The first-order valence-electron chi connectivity index (χ1n) is 6.96. The maximum absolute atomic E-state index is 6.05. The molecular weight excluding hydrogens is 339 g/mol. The molecule has 0 saturated heterocycles. The van der Waals surface area contributed by atoms with E-state index in [1.165, 1.54) is 6.33 Å². The van der Waals surface area contributed by atoms with Crippen LogP contribution in [0.1, 0.15) is 5.82 Å². The lowest BCUT2D eigenvalue weighted by Crippen LogP contribution is -2.39. The summed E-state index contributed by atoms with van der Waals surface area (Å²) in [6.45, 7) is 1.50. The van der Waals surface area contributed by atoms with Gasteiger partial charge in [-0.1, -0.05) is 29.3 Å². The fourth-order valence-electron chi connectivity index (χ4n) is 1.79. The highest BCUT2D eigenvalue weighted by atomic mass is 35.5. The molecule has 2 rings (SSSR count). The number of rotatable bonds is 6. The Morgan fingerprint density at radius 1 is 1.35 bits per heavy atom. The van der Waals surface area contributed by atoms with Crippen LogP contribution < -0.4 is 15.4 Å². The molecule has 0 aliphatic rings. The van der Waals surface area contributed by atoms with Gasteiger partial charge in [-0.25, -0.2) is 4.98 Å². The van der Waals surface area contributed by atoms with Crippen LogP contribution in [0.3, 0.4) is 0 Å². The van der Waals surface area contributed by atoms with Crippen molar-refractivity contribution in [1.82, 2.24) is 25.4 Å². The standard InChI is InChI=1S/C14H18Cl2N6O/c1-17-14(19-8-12-20-9-21-22(12)2)18-6-7-23-11-5-3-4-10(15)13(11)16/h3-5,9H,6-8H2,1-2H3,(H2,17,18,19). The van der Waals surface area contributed by atoms with Crippen molar-refractivity contribution in [3.05, 3.63) is 40.4 Å². The molecule has 0 spiro atoms. The molecule has 0 radical (unpaired) electrons. The molecule has 0 aliphatic carbocycles. The van der Waals surface area contributed by atoms with Gasteiger partial charge >= 0.3 is 0 Å². The summed E-state index contributed by atoms with van der Waals surface area (Å²) in [5.74, 6) is 2.02. The Morgan fingerprint density at radius 3 is 2.87 bits per heavy atom. The van der Waals surface area contributed by atoms with Crippen LogP contribution in [0, 0.1) is 0 Å². The number of benzene rings is 1. The van der Waals surface area contributed by atoms with Crippen molar-refractivity contribution in [2.45, 2.75) is 6.54 Å². The molecule has 0 bridgehead atoms. The second-order valence-corrected chi connectivity index (χ2v) is 5.34. The monoisotopic (exact) mass is 356 g/mol. The van der Waals surface area contributed by atoms with E-state index in [9.17, 15) is 0 Å². The predicted octanol–water partition coefficient (Wildman–Crippen LogP) is 1.87. The Morgan fingerprint density at radius 2 is 2.17 bits per heavy atom. The maximum atomic E-state index is 6.05. The first-order valence-corrected chi connectivity index (χ1v) is 7.71. The SMILES string of the molecule is CN=C(NCCOc1cccc(Cl)c1Cl)NCc1ncnn1C. The fourth-order valence-corrected chi connectivity index (χ4v) is 2.14. The van der Waals surface area contributed by atoms with Gasteiger partial charge in [-0.15, -0.1) is 0 Å². The Hall–Kier alpha value is -1.99. The number of nitrogens with one attached hydrogen (secondary N) is 2. The van der Waals surface area contributed by atoms with Crippen LogP contribution in [0.2, 0.25) is 10.0 Å². The van der Waals surface area contributed by atoms with E-state index in [0.717, 1.165) is 5.82 Å². The average Bonchev–Trinajstić information content (AvgIpc) is 2.96. The number of hydrogen-bond acceptors (Lipinski definition) is 4. The Balaban J connectivity index is 1.74. The van der Waals surface area contributed by atoms with Crippen molar-refractivity contribution in [3.8, 4) is 5.75 Å². The Kier molecular flexibility index (Phi) is 6.49. The van der Waals surface area contributed by atoms with Crippen molar-refractivity contribution >= 4 is 29.2 Å². The first-order chi connectivity index (χ1) is 11.1. The summed E-state index contributed by atoms with van der Waals surface area (Å²) >= 11 is 12.0. The third-order valence-corrected chi connectivity index (χ3v) is 3.81. The summed E-state index contributed by atoms with van der Waals surface area (Å²) in [6, 6.07) is 5.28. The lowest BCUT2D eigenvalue weighted by Gasteiger charge is -2.13. The molecule has 7 nitrogen and oxygen atoms in total. The predicted molar refractivity (Wildman–Crippen MR) is 91.2 cm³/mol. The van der Waals surface area contributed by atoms with Crippen LogP contribution in [0.15, 0.2) is 29.5 Å². The maximum Gasteiger partial charge on any atom is 0.191 e. The highest BCUT2D eigenvalue weighted by Gasteiger charge is 2.06. The van der Waals surface area contributed by atoms with Gasteiger partial charge < -0.3 is 15.4 Å². The lowest BCUT2D eigenvalue weighted by molar-refractivity contribution is 0.322. The zero-order valence-corrected chi connectivity index (χ0v) is 14.4. The largest absolute Gasteiger partial charge is 0.490 e. The average molecular weight is 357 g/mol. The number of aromatic nitrogens is 3. The van der Waals surface area contributed by atoms with Gasteiger partial charge in [0.25, 0.3) is 0 Å². The number of halogens is 2. The molecule has 9 heteroatoms. The summed E-state index contributed by atoms with van der Waals surface area (Å²) < 4.78 is 7.29. The minimum Gasteiger partial charge on any atom is -0.490 e. The van der Waals surface area contributed by atoms with Gasteiger partial charge in [-0.05, 0) is 12.1 Å². The van der Waals surface area contributed by atoms with E-state index in [1.54, 1.807) is 29.9 Å². The molecule has 1 aromatic carbocycles. The van der Waals surface area contributed by atoms with Crippen LogP contribution in [0.25, 0.3) is 0 Å². The molecule has 0 atom stereocenters. The van der Waals surface area contributed by atoms with Crippen molar-refractivity contribution in [3.63, 3.8) is 0 Å². The molecule has 0 saturated carbocycles. The molecule has 124 valence electrons. The Bertz CT molecular complexity index is 673. The van der Waals surface area contributed by atoms with Gasteiger partial charge in [0, 0.05) is 14.1 Å². The highest BCUT2D eigenvalue weighted by Crippen LogP contribution is 2.31. The summed E-state index contributed by atoms with van der Waals surface area (Å²) in [4.78, 5) is 8.26. The first kappa shape index (κ1) is 17.4. The van der Waals surface area contributed by atoms with E-state index in [0.29, 0.717) is 41.5 Å². The summed E-state index contributed by atoms with van der Waals surface area (Å²) in [5, 5.41) is 11.2. The van der Waals surface area contributed by atoms with E-state index >= 15 is 0 Å². The number of aliphatic imine (C=N–C) groups is 1. The number of ether oxygens (including phenoxy) is 1. The minimum absolute atomic E-state index is 0.416. The van der Waals surface area contributed by atoms with E-state index < -0.39 is 0 Å². The number of nitrogens with zero attached hydrogens (tertiary/aromatic N) is 4. The molecule has 2 aromatic rings. The summed E-state index contributed by atoms with van der Waals surface area (Å²) in [7, 11) is 3.53. The van der Waals surface area contributed by atoms with Crippen LogP contribution in [-0.2, 0) is 13.6 Å². The normalized spacial score (nSPS) is 11.4. The number of guanidine groups is 1. The molecule has 1 aromatic heterocycles. The molecule has 23 heavy (non-hydrogen) atoms. The summed E-state index contributed by atoms with van der Waals surface area (Å²) in [6.07, 6.45) is 1.51. The minimum atomic E-state index is 0.416. The van der Waals surface area contributed by atoms with Crippen molar-refractivity contribution in [2.24, 2.45) is 12.0 Å². The smallest absolute Gasteiger partial charge is 0.191 e. The lowest BCUT2D eigenvalue weighted by atomic mass is 10.3. The number of hydrogen-bond donors (Lipinski definition) is 2. The van der Waals surface area contributed by atoms with Gasteiger partial charge in [0.1, 0.15) is 29.5 Å². The van der Waals surface area contributed by atoms with Crippen LogP contribution in [-0.4, -0.2) is 40.9 Å². The van der Waals surface area contributed by atoms with Crippen molar-refractivity contribution in [1.29, 1.82) is 0 Å². The number of aryl methyl sites for hydroxylation is 1. The zero-order chi connectivity index (χ0) is 16.7. The van der Waals surface area contributed by atoms with Crippen LogP contribution >= 0.6 is 23.2 Å². The van der Waals surface area contributed by atoms with E-state index in [2.05, 4.69) is 25.7 Å². The molecular formula is C14H18Cl2N6O. The van der Waals surface area contributed by atoms with Gasteiger partial charge in [0.05, 0.1) is 18.1 Å². The molecule has 1 heterocycles. The second kappa shape index (κ2) is 8.59. The van der Waals surface area contributed by atoms with E-state index in [-0.39, 0.29) is 0 Å². The molecule has 0 fully saturated rings. The van der Waals surface area contributed by atoms with E-state index in [4.69, 9.17) is 27.9 Å². The third-order valence-electron chi connectivity index (χ3n) is 3.01. The van der Waals surface area contributed by atoms with Gasteiger partial charge in [-0.3, -0.25) is 9.67 Å². The fraction of sp³-hybridized carbons (Fsp3) is 0.357. The highest BCUT2D eigenvalue weighted by molar-refractivity contribution is 6.42.